The molecule has 1 aliphatic rings. The van der Waals surface area contributed by atoms with Crippen LogP contribution < -0.4 is 19.6 Å². The van der Waals surface area contributed by atoms with Crippen LogP contribution in [0.5, 0.6) is 34.5 Å². The Bertz CT molecular complexity index is 1330. The second-order valence-corrected chi connectivity index (χ2v) is 7.94. The van der Waals surface area contributed by atoms with E-state index < -0.39 is 65.4 Å². The summed E-state index contributed by atoms with van der Waals surface area (Å²) in [4.78, 5) is 13.6. The number of rotatable bonds is 6. The van der Waals surface area contributed by atoms with E-state index in [4.69, 9.17) is 23.4 Å². The van der Waals surface area contributed by atoms with Crippen LogP contribution in [0.25, 0.3) is 22.3 Å². The number of phenolic OH excluding ortho intramolecular Hbond substituents is 3. The molecule has 1 fully saturated rings. The normalized spacial score (nSPS) is 24.0. The fourth-order valence-corrected chi connectivity index (χ4v) is 3.89. The highest BCUT2D eigenvalue weighted by Crippen LogP contribution is 2.44. The highest BCUT2D eigenvalue weighted by Gasteiger charge is 2.45. The predicted molar refractivity (Wildman–Crippen MR) is 120 cm³/mol. The summed E-state index contributed by atoms with van der Waals surface area (Å²) in [5, 5.41) is 70.1. The third-order valence-corrected chi connectivity index (χ3v) is 5.77. The van der Waals surface area contributed by atoms with Gasteiger partial charge in [0.2, 0.25) is 23.2 Å². The smallest absolute Gasteiger partial charge is 0.239 e. The van der Waals surface area contributed by atoms with Crippen molar-refractivity contribution in [1.82, 2.24) is 0 Å². The fourth-order valence-electron chi connectivity index (χ4n) is 3.89. The number of fused-ring (bicyclic) bond motifs is 1. The van der Waals surface area contributed by atoms with E-state index in [-0.39, 0.29) is 34.2 Å². The number of hydrogen-bond acceptors (Lipinski definition) is 13. The molecule has 0 radical (unpaired) electrons. The highest BCUT2D eigenvalue weighted by atomic mass is 16.7. The number of hydrogen-bond donors (Lipinski definition) is 7. The van der Waals surface area contributed by atoms with Crippen LogP contribution in [0.3, 0.4) is 0 Å². The van der Waals surface area contributed by atoms with Crippen LogP contribution in [0.2, 0.25) is 0 Å². The summed E-state index contributed by atoms with van der Waals surface area (Å²) in [5.74, 6) is -2.62. The van der Waals surface area contributed by atoms with Gasteiger partial charge in [-0.05, 0) is 18.2 Å². The average molecular weight is 508 g/mol. The molecule has 2 aromatic carbocycles. The summed E-state index contributed by atoms with van der Waals surface area (Å²) >= 11 is 0. The minimum absolute atomic E-state index is 0.000225. The molecule has 0 aliphatic carbocycles. The van der Waals surface area contributed by atoms with E-state index in [1.807, 2.05) is 0 Å². The molecule has 7 N–H and O–H groups in total. The zero-order valence-corrected chi connectivity index (χ0v) is 19.0. The number of methoxy groups -OCH3 is 2. The maximum atomic E-state index is 13.6. The molecule has 1 saturated heterocycles. The minimum Gasteiger partial charge on any atom is -0.507 e. The van der Waals surface area contributed by atoms with Gasteiger partial charge in [-0.3, -0.25) is 4.79 Å². The van der Waals surface area contributed by atoms with Crippen molar-refractivity contribution in [3.05, 3.63) is 34.5 Å². The zero-order valence-electron chi connectivity index (χ0n) is 19.0. The highest BCUT2D eigenvalue weighted by molar-refractivity contribution is 5.93. The lowest BCUT2D eigenvalue weighted by atomic mass is 9.99. The minimum atomic E-state index is -1.86. The maximum Gasteiger partial charge on any atom is 0.239 e. The first-order chi connectivity index (χ1) is 17.1. The van der Waals surface area contributed by atoms with Crippen molar-refractivity contribution in [3.8, 4) is 45.8 Å². The van der Waals surface area contributed by atoms with Crippen molar-refractivity contribution in [2.45, 2.75) is 30.7 Å². The summed E-state index contributed by atoms with van der Waals surface area (Å²) < 4.78 is 27.1. The Morgan fingerprint density at radius 1 is 0.889 bits per heavy atom. The molecule has 2 unspecified atom stereocenters. The second-order valence-electron chi connectivity index (χ2n) is 7.94. The van der Waals surface area contributed by atoms with Crippen LogP contribution in [0.1, 0.15) is 0 Å². The summed E-state index contributed by atoms with van der Waals surface area (Å²) in [6.07, 6.45) is -8.42. The molecule has 1 aliphatic heterocycles. The van der Waals surface area contributed by atoms with Crippen LogP contribution in [0.15, 0.2) is 33.5 Å². The maximum absolute atomic E-state index is 13.6. The van der Waals surface area contributed by atoms with E-state index in [0.717, 1.165) is 6.07 Å². The molecular formula is C23H24O13. The van der Waals surface area contributed by atoms with Gasteiger partial charge < -0.3 is 59.1 Å². The number of aromatic hydroxyl groups is 3. The van der Waals surface area contributed by atoms with E-state index in [1.54, 1.807) is 0 Å². The van der Waals surface area contributed by atoms with Crippen LogP contribution in [0.4, 0.5) is 0 Å². The van der Waals surface area contributed by atoms with E-state index in [9.17, 15) is 40.5 Å². The molecule has 0 bridgehead atoms. The van der Waals surface area contributed by atoms with Crippen molar-refractivity contribution >= 4 is 11.0 Å². The first-order valence-electron chi connectivity index (χ1n) is 10.6. The van der Waals surface area contributed by atoms with E-state index in [2.05, 4.69) is 0 Å². The van der Waals surface area contributed by atoms with Crippen molar-refractivity contribution < 1.29 is 59.1 Å². The molecule has 1 aromatic heterocycles. The number of benzene rings is 2. The Balaban J connectivity index is 1.98. The van der Waals surface area contributed by atoms with Gasteiger partial charge in [0.1, 0.15) is 35.6 Å². The third-order valence-electron chi connectivity index (χ3n) is 5.77. The monoisotopic (exact) mass is 508 g/mol. The largest absolute Gasteiger partial charge is 0.507 e. The molecule has 4 rings (SSSR count). The Kier molecular flexibility index (Phi) is 6.84. The molecule has 5 atom stereocenters. The molecule has 3 aromatic rings. The number of aliphatic hydroxyl groups excluding tert-OH is 4. The van der Waals surface area contributed by atoms with Crippen LogP contribution in [-0.2, 0) is 4.74 Å². The molecule has 0 saturated carbocycles. The van der Waals surface area contributed by atoms with Gasteiger partial charge >= 0.3 is 0 Å². The van der Waals surface area contributed by atoms with Gasteiger partial charge in [-0.2, -0.15) is 0 Å². The molecule has 0 spiro atoms. The Morgan fingerprint density at radius 2 is 1.61 bits per heavy atom. The van der Waals surface area contributed by atoms with Crippen LogP contribution in [-0.4, -0.2) is 87.3 Å². The number of phenols is 3. The third kappa shape index (κ3) is 4.12. The number of ether oxygens (including phenoxy) is 4. The van der Waals surface area contributed by atoms with E-state index in [1.165, 1.54) is 32.4 Å². The quantitative estimate of drug-likeness (QED) is 0.230. The summed E-state index contributed by atoms with van der Waals surface area (Å²) in [6.45, 7) is -0.740. The van der Waals surface area contributed by atoms with Gasteiger partial charge in [0.15, 0.2) is 28.6 Å². The summed E-state index contributed by atoms with van der Waals surface area (Å²) in [5.41, 5.74) is -1.21. The molecule has 194 valence electrons. The van der Waals surface area contributed by atoms with Gasteiger partial charge in [0.25, 0.3) is 0 Å². The zero-order chi connectivity index (χ0) is 26.3. The molecule has 36 heavy (non-hydrogen) atoms. The molecule has 13 heteroatoms. The van der Waals surface area contributed by atoms with Crippen molar-refractivity contribution in [1.29, 1.82) is 0 Å². The number of aliphatic hydroxyl groups is 4. The second kappa shape index (κ2) is 9.72. The lowest BCUT2D eigenvalue weighted by molar-refractivity contribution is -0.277. The molecule has 2 heterocycles. The Hall–Kier alpha value is -3.75. The van der Waals surface area contributed by atoms with Gasteiger partial charge in [-0.1, -0.05) is 0 Å². The van der Waals surface area contributed by atoms with Crippen molar-refractivity contribution in [2.75, 3.05) is 20.8 Å². The lowest BCUT2D eigenvalue weighted by Gasteiger charge is -2.39. The first-order valence-corrected chi connectivity index (χ1v) is 10.6. The summed E-state index contributed by atoms with van der Waals surface area (Å²) in [6, 6.07) is 4.75. The average Bonchev–Trinajstić information content (AvgIpc) is 2.85. The molecule has 0 amide bonds. The summed E-state index contributed by atoms with van der Waals surface area (Å²) in [7, 11) is 2.49. The van der Waals surface area contributed by atoms with Crippen LogP contribution >= 0.6 is 0 Å². The Morgan fingerprint density at radius 3 is 2.25 bits per heavy atom. The van der Waals surface area contributed by atoms with E-state index >= 15 is 0 Å². The van der Waals surface area contributed by atoms with E-state index in [0.29, 0.717) is 0 Å². The van der Waals surface area contributed by atoms with Gasteiger partial charge in [-0.25, -0.2) is 0 Å². The van der Waals surface area contributed by atoms with Crippen molar-refractivity contribution in [2.24, 2.45) is 0 Å². The Labute approximate surface area is 202 Å². The van der Waals surface area contributed by atoms with Gasteiger partial charge in [-0.15, -0.1) is 0 Å². The SMILES string of the molecule is COc1cc(-c2oc3c(OC)c(O)cc(O)c3c(=O)c2O[C@@H]2O[C@H](CO)[C@@H](O)C(O)C2O)ccc1O. The molecular weight excluding hydrogens is 484 g/mol. The van der Waals surface area contributed by atoms with Gasteiger partial charge in [0, 0.05) is 11.6 Å². The lowest BCUT2D eigenvalue weighted by Crippen LogP contribution is -2.60. The first kappa shape index (κ1) is 25.3. The van der Waals surface area contributed by atoms with Crippen LogP contribution in [0, 0.1) is 0 Å². The van der Waals surface area contributed by atoms with Crippen molar-refractivity contribution in [3.63, 3.8) is 0 Å². The topological polar surface area (TPSA) is 209 Å². The standard InChI is InChI=1S/C23H24O13/c1-32-12-5-8(3-4-9(12)25)19-22(36-23-18(31)17(30)15(28)13(7-24)34-23)16(29)14-10(26)6-11(27)20(33-2)21(14)35-19/h3-6,13,15,17-18,23-28,30-31H,7H2,1-2H3/t13-,15-,17?,18?,23+/m1/s1. The molecule has 13 nitrogen and oxygen atoms in total. The fraction of sp³-hybridized carbons (Fsp3) is 0.348. The van der Waals surface area contributed by atoms with Gasteiger partial charge in [0.05, 0.1) is 20.8 Å². The predicted octanol–water partition coefficient (Wildman–Crippen LogP) is -0.227.